The van der Waals surface area contributed by atoms with Crippen LogP contribution in [0.1, 0.15) is 48.5 Å². The second-order valence-electron chi connectivity index (χ2n) is 12.9. The highest BCUT2D eigenvalue weighted by Gasteiger charge is 2.39. The molecule has 50 heavy (non-hydrogen) atoms. The van der Waals surface area contributed by atoms with Crippen molar-refractivity contribution < 1.29 is 24.3 Å². The van der Waals surface area contributed by atoms with Crippen molar-refractivity contribution in [2.45, 2.75) is 45.5 Å². The number of urea groups is 1. The molecule has 2 aliphatic rings. The predicted molar refractivity (Wildman–Crippen MR) is 193 cm³/mol. The molecule has 4 aromatic rings. The van der Waals surface area contributed by atoms with Gasteiger partial charge >= 0.3 is 6.03 Å². The van der Waals surface area contributed by atoms with Gasteiger partial charge in [-0.1, -0.05) is 79.7 Å². The van der Waals surface area contributed by atoms with Gasteiger partial charge in [-0.15, -0.1) is 0 Å². The molecule has 0 saturated carbocycles. The van der Waals surface area contributed by atoms with Crippen molar-refractivity contribution in [1.82, 2.24) is 15.5 Å². The average molecular weight is 680 g/mol. The van der Waals surface area contributed by atoms with Crippen molar-refractivity contribution in [2.75, 3.05) is 44.2 Å². The molecular formula is C39H45N5O6. The smallest absolute Gasteiger partial charge is 0.315 e. The molecule has 0 aromatic heterocycles. The number of benzene rings is 4. The summed E-state index contributed by atoms with van der Waals surface area (Å²) in [5.41, 5.74) is 6.99. The molecule has 4 atom stereocenters. The van der Waals surface area contributed by atoms with Crippen LogP contribution >= 0.6 is 0 Å². The van der Waals surface area contributed by atoms with Gasteiger partial charge in [-0.3, -0.25) is 15.0 Å². The highest BCUT2D eigenvalue weighted by atomic mass is 16.7. The van der Waals surface area contributed by atoms with E-state index in [-0.39, 0.29) is 41.4 Å². The van der Waals surface area contributed by atoms with Crippen LogP contribution in [0.5, 0.6) is 0 Å². The number of aliphatic hydroxyl groups is 1. The van der Waals surface area contributed by atoms with Crippen LogP contribution in [-0.2, 0) is 22.6 Å². The third kappa shape index (κ3) is 8.31. The molecule has 3 N–H and O–H groups in total. The lowest BCUT2D eigenvalue weighted by Gasteiger charge is -2.44. The van der Waals surface area contributed by atoms with Gasteiger partial charge in [-0.25, -0.2) is 4.79 Å². The van der Waals surface area contributed by atoms with Gasteiger partial charge in [0.15, 0.2) is 6.29 Å². The zero-order valence-electron chi connectivity index (χ0n) is 28.5. The maximum atomic E-state index is 12.0. The summed E-state index contributed by atoms with van der Waals surface area (Å²) in [5.74, 6) is 0.0579. The molecule has 0 aliphatic carbocycles. The Morgan fingerprint density at radius 1 is 0.880 bits per heavy atom. The van der Waals surface area contributed by atoms with Crippen LogP contribution < -0.4 is 15.5 Å². The molecule has 0 radical (unpaired) electrons. The van der Waals surface area contributed by atoms with Gasteiger partial charge in [0, 0.05) is 75.1 Å². The van der Waals surface area contributed by atoms with Gasteiger partial charge in [-0.2, -0.15) is 0 Å². The van der Waals surface area contributed by atoms with Gasteiger partial charge in [0.1, 0.15) is 0 Å². The number of non-ortho nitro benzene ring substituents is 1. The zero-order valence-corrected chi connectivity index (χ0v) is 28.5. The minimum absolute atomic E-state index is 0.0148. The maximum Gasteiger partial charge on any atom is 0.315 e. The molecule has 4 unspecified atom stereocenters. The Morgan fingerprint density at radius 2 is 1.56 bits per heavy atom. The fourth-order valence-corrected chi connectivity index (χ4v) is 6.73. The lowest BCUT2D eigenvalue weighted by atomic mass is 9.89. The minimum Gasteiger partial charge on any atom is -0.392 e. The summed E-state index contributed by atoms with van der Waals surface area (Å²) in [4.78, 5) is 27.4. The molecular weight excluding hydrogens is 634 g/mol. The Kier molecular flexibility index (Phi) is 11.4. The first-order valence-electron chi connectivity index (χ1n) is 17.2. The molecule has 4 aromatic carbocycles. The largest absolute Gasteiger partial charge is 0.392 e. The number of ether oxygens (including phenoxy) is 2. The van der Waals surface area contributed by atoms with Crippen molar-refractivity contribution in [3.05, 3.63) is 129 Å². The molecule has 11 heteroatoms. The van der Waals surface area contributed by atoms with E-state index in [4.69, 9.17) is 9.47 Å². The number of nitro groups is 1. The van der Waals surface area contributed by atoms with Crippen molar-refractivity contribution in [3.8, 4) is 11.1 Å². The Balaban J connectivity index is 1.17. The van der Waals surface area contributed by atoms with Crippen LogP contribution in [0.15, 0.2) is 97.1 Å². The zero-order chi connectivity index (χ0) is 35.0. The Morgan fingerprint density at radius 3 is 2.22 bits per heavy atom. The molecule has 0 spiro atoms. The number of carbonyl (C=O) groups excluding carboxylic acids is 1. The van der Waals surface area contributed by atoms with E-state index in [1.54, 1.807) is 12.1 Å². The summed E-state index contributed by atoms with van der Waals surface area (Å²) in [5, 5.41) is 26.4. The summed E-state index contributed by atoms with van der Waals surface area (Å²) in [6.45, 7) is 9.07. The van der Waals surface area contributed by atoms with Crippen molar-refractivity contribution in [1.29, 1.82) is 0 Å². The van der Waals surface area contributed by atoms with Crippen LogP contribution in [-0.4, -0.2) is 66.3 Å². The van der Waals surface area contributed by atoms with Gasteiger partial charge in [0.2, 0.25) is 0 Å². The average Bonchev–Trinajstić information content (AvgIpc) is 3.15. The molecule has 2 fully saturated rings. The number of rotatable bonds is 11. The van der Waals surface area contributed by atoms with Gasteiger partial charge in [0.05, 0.1) is 23.7 Å². The fraction of sp³-hybridized carbons (Fsp3) is 0.359. The highest BCUT2D eigenvalue weighted by molar-refractivity contribution is 5.74. The van der Waals surface area contributed by atoms with Gasteiger partial charge < -0.3 is 30.1 Å². The van der Waals surface area contributed by atoms with E-state index in [0.29, 0.717) is 13.1 Å². The van der Waals surface area contributed by atoms with E-state index < -0.39 is 6.29 Å². The van der Waals surface area contributed by atoms with E-state index in [1.165, 1.54) is 0 Å². The second kappa shape index (κ2) is 16.3. The predicted octanol–water partition coefficient (Wildman–Crippen LogP) is 6.19. The topological polar surface area (TPSA) is 129 Å². The SMILES string of the molecule is CCNC(=O)NCc1ccccc1-c1ccc(C2OC(CN3CCN(c4ccc([N+](=O)[O-])cc4)CC3)C(C)C(c3ccc(CO)cc3)O2)cc1. The van der Waals surface area contributed by atoms with Crippen LogP contribution in [0.25, 0.3) is 11.1 Å². The Labute approximate surface area is 293 Å². The van der Waals surface area contributed by atoms with E-state index in [2.05, 4.69) is 57.7 Å². The number of aliphatic hydroxyl groups excluding tert-OH is 1. The van der Waals surface area contributed by atoms with Crippen molar-refractivity contribution in [3.63, 3.8) is 0 Å². The monoisotopic (exact) mass is 679 g/mol. The number of carbonyl (C=O) groups is 1. The molecule has 11 nitrogen and oxygen atoms in total. The second-order valence-corrected chi connectivity index (χ2v) is 12.9. The lowest BCUT2D eigenvalue weighted by Crippen LogP contribution is -2.51. The Bertz CT molecular complexity index is 1730. The number of amides is 2. The van der Waals surface area contributed by atoms with Gasteiger partial charge in [-0.05, 0) is 46.9 Å². The molecule has 2 amide bonds. The number of nitro benzene ring substituents is 1. The highest BCUT2D eigenvalue weighted by Crippen LogP contribution is 2.42. The fourth-order valence-electron chi connectivity index (χ4n) is 6.73. The molecule has 2 saturated heterocycles. The third-order valence-electron chi connectivity index (χ3n) is 9.65. The summed E-state index contributed by atoms with van der Waals surface area (Å²) in [6, 6.07) is 30.8. The minimum atomic E-state index is -0.580. The molecule has 2 aliphatic heterocycles. The number of hydrogen-bond acceptors (Lipinski definition) is 8. The number of hydrogen-bond donors (Lipinski definition) is 3. The van der Waals surface area contributed by atoms with Crippen molar-refractivity contribution in [2.24, 2.45) is 5.92 Å². The van der Waals surface area contributed by atoms with Crippen molar-refractivity contribution >= 4 is 17.4 Å². The molecule has 0 bridgehead atoms. The first-order valence-corrected chi connectivity index (χ1v) is 17.2. The van der Waals surface area contributed by atoms with E-state index in [0.717, 1.165) is 71.8 Å². The Hall–Kier alpha value is -4.81. The number of nitrogens with zero attached hydrogens (tertiary/aromatic N) is 3. The lowest BCUT2D eigenvalue weighted by molar-refractivity contribution is -0.384. The number of piperazine rings is 1. The van der Waals surface area contributed by atoms with E-state index in [9.17, 15) is 20.0 Å². The standard InChI is InChI=1S/C39H45N5O6/c1-3-40-39(46)41-24-32-6-4-5-7-35(32)29-12-14-31(15-13-29)38-49-36(27(2)37(50-38)30-10-8-28(26-45)9-11-30)25-42-20-22-43(23-21-42)33-16-18-34(19-17-33)44(47)48/h4-19,27,36-38,45H,3,20-26H2,1-2H3,(H2,40,41,46). The summed E-state index contributed by atoms with van der Waals surface area (Å²) in [7, 11) is 0. The van der Waals surface area contributed by atoms with Crippen LogP contribution in [0, 0.1) is 16.0 Å². The molecule has 2 heterocycles. The quantitative estimate of drug-likeness (QED) is 0.127. The van der Waals surface area contributed by atoms with Crippen LogP contribution in [0.3, 0.4) is 0 Å². The molecule has 262 valence electrons. The summed E-state index contributed by atoms with van der Waals surface area (Å²) in [6.07, 6.45) is -0.902. The van der Waals surface area contributed by atoms with Crippen LogP contribution in [0.4, 0.5) is 16.2 Å². The van der Waals surface area contributed by atoms with E-state index in [1.807, 2.05) is 61.5 Å². The summed E-state index contributed by atoms with van der Waals surface area (Å²) >= 11 is 0. The number of anilines is 1. The van der Waals surface area contributed by atoms with Crippen LogP contribution in [0.2, 0.25) is 0 Å². The first-order chi connectivity index (χ1) is 24.3. The number of nitrogens with one attached hydrogen (secondary N) is 2. The normalized spacial score (nSPS) is 21.1. The summed E-state index contributed by atoms with van der Waals surface area (Å²) < 4.78 is 13.5. The maximum absolute atomic E-state index is 12.0. The van der Waals surface area contributed by atoms with E-state index >= 15 is 0 Å². The molecule has 6 rings (SSSR count). The third-order valence-corrected chi connectivity index (χ3v) is 9.65. The first kappa shape index (κ1) is 35.0. The van der Waals surface area contributed by atoms with Gasteiger partial charge in [0.25, 0.3) is 5.69 Å².